The molecule has 3 rings (SSSR count). The summed E-state index contributed by atoms with van der Waals surface area (Å²) in [5.74, 6) is 0.364. The summed E-state index contributed by atoms with van der Waals surface area (Å²) in [4.78, 5) is 12.6. The summed E-state index contributed by atoms with van der Waals surface area (Å²) in [6.45, 7) is -1.40. The van der Waals surface area contributed by atoms with Gasteiger partial charge in [-0.15, -0.1) is 11.8 Å². The molecule has 0 aliphatic heterocycles. The summed E-state index contributed by atoms with van der Waals surface area (Å²) in [5.41, 5.74) is 1.86. The molecule has 33 heavy (non-hydrogen) atoms. The number of alkyl halides is 2. The highest BCUT2D eigenvalue weighted by Crippen LogP contribution is 2.37. The number of hydrogen-bond donors (Lipinski definition) is 0. The second-order valence-electron chi connectivity index (χ2n) is 6.82. The molecule has 0 aliphatic rings. The first-order valence-corrected chi connectivity index (χ1v) is 11.4. The van der Waals surface area contributed by atoms with Gasteiger partial charge in [-0.3, -0.25) is 0 Å². The molecule has 0 radical (unpaired) electrons. The van der Waals surface area contributed by atoms with Crippen LogP contribution in [0.5, 0.6) is 11.6 Å². The lowest BCUT2D eigenvalue weighted by molar-refractivity contribution is -0.147. The molecule has 0 bridgehead atoms. The van der Waals surface area contributed by atoms with Gasteiger partial charge in [0.15, 0.2) is 6.10 Å². The monoisotopic (exact) mass is 516 g/mol. The Balaban J connectivity index is 1.73. The van der Waals surface area contributed by atoms with E-state index < -0.39 is 18.7 Å². The number of carbonyl (C=O) groups is 1. The molecule has 0 saturated heterocycles. The fraction of sp³-hybridized carbons (Fsp3) is 0.273. The topological polar surface area (TPSA) is 62.6 Å². The van der Waals surface area contributed by atoms with Crippen molar-refractivity contribution in [1.29, 1.82) is 0 Å². The van der Waals surface area contributed by atoms with Gasteiger partial charge in [0.25, 0.3) is 0 Å². The third-order valence-corrected chi connectivity index (χ3v) is 6.17. The van der Waals surface area contributed by atoms with Gasteiger partial charge >= 0.3 is 12.6 Å². The van der Waals surface area contributed by atoms with E-state index in [1.165, 1.54) is 30.6 Å². The highest BCUT2D eigenvalue weighted by molar-refractivity contribution is 7.98. The van der Waals surface area contributed by atoms with Gasteiger partial charge in [0.05, 0.1) is 7.11 Å². The van der Waals surface area contributed by atoms with Crippen LogP contribution in [0.3, 0.4) is 0 Å². The normalized spacial score (nSPS) is 12.0. The molecule has 1 unspecified atom stereocenters. The van der Waals surface area contributed by atoms with Gasteiger partial charge in [0.1, 0.15) is 16.5 Å². The van der Waals surface area contributed by atoms with Gasteiger partial charge < -0.3 is 14.2 Å². The molecular weight excluding hydrogens is 497 g/mol. The number of esters is 1. The van der Waals surface area contributed by atoms with Gasteiger partial charge in [-0.25, -0.2) is 9.48 Å². The second-order valence-corrected chi connectivity index (χ2v) is 8.68. The number of ether oxygens (including phenoxy) is 3. The van der Waals surface area contributed by atoms with E-state index in [0.717, 1.165) is 10.5 Å². The third kappa shape index (κ3) is 6.31. The maximum Gasteiger partial charge on any atom is 0.388 e. The molecule has 0 saturated carbocycles. The van der Waals surface area contributed by atoms with Crippen molar-refractivity contribution in [1.82, 2.24) is 9.78 Å². The van der Waals surface area contributed by atoms with Crippen molar-refractivity contribution in [2.45, 2.75) is 30.3 Å². The molecule has 1 heterocycles. The Bertz CT molecular complexity index is 1130. The highest BCUT2D eigenvalue weighted by Gasteiger charge is 2.20. The average Bonchev–Trinajstić information content (AvgIpc) is 3.06. The SMILES string of the molecule is COC(=O)C(C)Oc1cc(Cl)ccc1CSc1ccc(-c2nn(C)c(OC(F)F)c2Cl)cc1. The van der Waals surface area contributed by atoms with Crippen molar-refractivity contribution < 1.29 is 27.8 Å². The van der Waals surface area contributed by atoms with E-state index in [1.807, 2.05) is 18.2 Å². The maximum absolute atomic E-state index is 12.6. The molecule has 1 atom stereocenters. The number of nitrogens with zero attached hydrogens (tertiary/aromatic N) is 2. The summed E-state index contributed by atoms with van der Waals surface area (Å²) in [5, 5.41) is 4.68. The zero-order valence-electron chi connectivity index (χ0n) is 17.9. The Kier molecular flexibility index (Phi) is 8.45. The first kappa shape index (κ1) is 25.1. The van der Waals surface area contributed by atoms with Crippen LogP contribution < -0.4 is 9.47 Å². The van der Waals surface area contributed by atoms with Gasteiger partial charge in [0.2, 0.25) is 5.88 Å². The smallest absolute Gasteiger partial charge is 0.388 e. The van der Waals surface area contributed by atoms with Crippen LogP contribution in [0.25, 0.3) is 11.3 Å². The minimum atomic E-state index is -3.00. The molecule has 6 nitrogen and oxygen atoms in total. The Labute approximate surface area is 203 Å². The lowest BCUT2D eigenvalue weighted by Gasteiger charge is -2.16. The number of rotatable bonds is 9. The lowest BCUT2D eigenvalue weighted by atomic mass is 10.1. The molecule has 2 aromatic carbocycles. The van der Waals surface area contributed by atoms with Crippen molar-refractivity contribution in [2.75, 3.05) is 7.11 Å². The second kappa shape index (κ2) is 11.1. The largest absolute Gasteiger partial charge is 0.479 e. The van der Waals surface area contributed by atoms with Crippen LogP contribution in [0.2, 0.25) is 10.0 Å². The number of carbonyl (C=O) groups excluding carboxylic acids is 1. The predicted octanol–water partition coefficient (Wildman–Crippen LogP) is 6.23. The summed E-state index contributed by atoms with van der Waals surface area (Å²) in [6, 6.07) is 12.6. The highest BCUT2D eigenvalue weighted by atomic mass is 35.5. The number of methoxy groups -OCH3 is 1. The third-order valence-electron chi connectivity index (χ3n) is 4.53. The molecule has 0 spiro atoms. The average molecular weight is 517 g/mol. The standard InChI is InChI=1S/C22H20Cl2F2N2O4S/c1-12(21(29)30-3)31-17-10-15(23)7-4-14(17)11-33-16-8-5-13(6-9-16)19-18(24)20(28(2)27-19)32-22(25)26/h4-10,12,22H,11H2,1-3H3. The van der Waals surface area contributed by atoms with Crippen molar-refractivity contribution in [3.05, 3.63) is 58.1 Å². The Morgan fingerprint density at radius 1 is 1.15 bits per heavy atom. The lowest BCUT2D eigenvalue weighted by Crippen LogP contribution is -2.25. The number of benzene rings is 2. The van der Waals surface area contributed by atoms with E-state index in [9.17, 15) is 13.6 Å². The van der Waals surface area contributed by atoms with Crippen molar-refractivity contribution in [3.8, 4) is 22.9 Å². The molecule has 1 aromatic heterocycles. The fourth-order valence-corrected chi connectivity index (χ4v) is 4.28. The van der Waals surface area contributed by atoms with Crippen LogP contribution in [0.15, 0.2) is 47.4 Å². The fourth-order valence-electron chi connectivity index (χ4n) is 2.91. The summed E-state index contributed by atoms with van der Waals surface area (Å²) in [6.07, 6.45) is -0.779. The van der Waals surface area contributed by atoms with Crippen LogP contribution in [-0.2, 0) is 22.3 Å². The first-order chi connectivity index (χ1) is 15.7. The molecule has 11 heteroatoms. The van der Waals surface area contributed by atoms with Gasteiger partial charge in [-0.1, -0.05) is 41.4 Å². The summed E-state index contributed by atoms with van der Waals surface area (Å²) in [7, 11) is 2.77. The van der Waals surface area contributed by atoms with E-state index in [0.29, 0.717) is 27.8 Å². The number of halogens is 4. The van der Waals surface area contributed by atoms with E-state index >= 15 is 0 Å². The number of aryl methyl sites for hydroxylation is 1. The minimum Gasteiger partial charge on any atom is -0.479 e. The zero-order valence-corrected chi connectivity index (χ0v) is 20.2. The van der Waals surface area contributed by atoms with E-state index in [2.05, 4.69) is 9.84 Å². The molecule has 0 aliphatic carbocycles. The van der Waals surface area contributed by atoms with Crippen molar-refractivity contribution >= 4 is 40.9 Å². The molecule has 0 fully saturated rings. The van der Waals surface area contributed by atoms with E-state index in [4.69, 9.17) is 32.7 Å². The van der Waals surface area contributed by atoms with Gasteiger partial charge in [-0.2, -0.15) is 13.9 Å². The van der Waals surface area contributed by atoms with Crippen molar-refractivity contribution in [3.63, 3.8) is 0 Å². The molecule has 176 valence electrons. The van der Waals surface area contributed by atoms with E-state index in [1.54, 1.807) is 31.2 Å². The number of thioether (sulfide) groups is 1. The van der Waals surface area contributed by atoms with Crippen molar-refractivity contribution in [2.24, 2.45) is 7.05 Å². The number of aromatic nitrogens is 2. The van der Waals surface area contributed by atoms with Crippen LogP contribution in [-0.4, -0.2) is 35.6 Å². The molecular formula is C22H20Cl2F2N2O4S. The van der Waals surface area contributed by atoms with Gasteiger partial charge in [0, 0.05) is 33.8 Å². The first-order valence-electron chi connectivity index (χ1n) is 9.63. The summed E-state index contributed by atoms with van der Waals surface area (Å²) >= 11 is 13.8. The molecule has 3 aromatic rings. The van der Waals surface area contributed by atoms with Crippen LogP contribution in [0, 0.1) is 0 Å². The summed E-state index contributed by atoms with van der Waals surface area (Å²) < 4.78 is 41.2. The Hall–Kier alpha value is -2.49. The zero-order chi connectivity index (χ0) is 24.1. The van der Waals surface area contributed by atoms with Gasteiger partial charge in [-0.05, 0) is 31.2 Å². The number of hydrogen-bond acceptors (Lipinski definition) is 6. The van der Waals surface area contributed by atoms with Crippen LogP contribution in [0.4, 0.5) is 8.78 Å². The Morgan fingerprint density at radius 2 is 1.85 bits per heavy atom. The van der Waals surface area contributed by atoms with Crippen LogP contribution >= 0.6 is 35.0 Å². The van der Waals surface area contributed by atoms with Crippen LogP contribution in [0.1, 0.15) is 12.5 Å². The molecule has 0 N–H and O–H groups in total. The maximum atomic E-state index is 12.6. The Morgan fingerprint density at radius 3 is 2.48 bits per heavy atom. The quantitative estimate of drug-likeness (QED) is 0.248. The predicted molar refractivity (Wildman–Crippen MR) is 123 cm³/mol. The van der Waals surface area contributed by atoms with E-state index in [-0.39, 0.29) is 10.9 Å². The molecule has 0 amide bonds. The minimum absolute atomic E-state index is 0.0147.